The van der Waals surface area contributed by atoms with Gasteiger partial charge in [0.2, 0.25) is 0 Å². The van der Waals surface area contributed by atoms with Gasteiger partial charge in [-0.05, 0) is 60.8 Å². The van der Waals surface area contributed by atoms with Crippen molar-refractivity contribution < 1.29 is 4.79 Å². The first-order valence-electron chi connectivity index (χ1n) is 7.43. The average molecular weight is 347 g/mol. The van der Waals surface area contributed by atoms with E-state index in [0.29, 0.717) is 6.04 Å². The molecule has 1 heterocycles. The third-order valence-electron chi connectivity index (χ3n) is 4.01. The molecule has 2 N–H and O–H groups in total. The smallest absolute Gasteiger partial charge is 0.251 e. The number of benzene rings is 2. The van der Waals surface area contributed by atoms with Gasteiger partial charge in [-0.15, -0.1) is 0 Å². The van der Waals surface area contributed by atoms with Crippen LogP contribution in [0.4, 0.5) is 0 Å². The molecule has 2 aromatic rings. The van der Waals surface area contributed by atoms with E-state index in [1.165, 1.54) is 12.8 Å². The van der Waals surface area contributed by atoms with E-state index in [1.807, 2.05) is 30.3 Å². The van der Waals surface area contributed by atoms with Crippen molar-refractivity contribution in [3.05, 3.63) is 46.4 Å². The molecule has 0 aliphatic carbocycles. The maximum Gasteiger partial charge on any atom is 0.251 e. The summed E-state index contributed by atoms with van der Waals surface area (Å²) < 4.78 is 1.05. The van der Waals surface area contributed by atoms with Gasteiger partial charge in [-0.2, -0.15) is 0 Å². The normalized spacial score (nSPS) is 18.0. The molecular weight excluding hydrogens is 328 g/mol. The third-order valence-corrected chi connectivity index (χ3v) is 4.50. The first-order chi connectivity index (χ1) is 10.2. The molecule has 1 aliphatic heterocycles. The van der Waals surface area contributed by atoms with Crippen molar-refractivity contribution >= 4 is 32.6 Å². The summed E-state index contributed by atoms with van der Waals surface area (Å²) in [6.45, 7) is 1.84. The summed E-state index contributed by atoms with van der Waals surface area (Å²) in [7, 11) is 0. The van der Waals surface area contributed by atoms with E-state index in [2.05, 4.69) is 32.6 Å². The van der Waals surface area contributed by atoms with Gasteiger partial charge in [0.05, 0.1) is 0 Å². The molecule has 21 heavy (non-hydrogen) atoms. The molecule has 0 bridgehead atoms. The SMILES string of the molecule is O=C(NCC[C@H]1CCCN1)c1ccc2cc(Br)ccc2c1. The van der Waals surface area contributed by atoms with Crippen LogP contribution in [0.5, 0.6) is 0 Å². The first-order valence-corrected chi connectivity index (χ1v) is 8.22. The van der Waals surface area contributed by atoms with E-state index < -0.39 is 0 Å². The Kier molecular flexibility index (Phi) is 4.56. The Balaban J connectivity index is 1.62. The number of hydrogen-bond acceptors (Lipinski definition) is 2. The predicted octanol–water partition coefficient (Wildman–Crippen LogP) is 3.47. The Labute approximate surface area is 133 Å². The van der Waals surface area contributed by atoms with E-state index in [0.717, 1.165) is 40.3 Å². The molecule has 3 rings (SSSR count). The molecule has 1 atom stereocenters. The average Bonchev–Trinajstić information content (AvgIpc) is 3.00. The number of halogens is 1. The Morgan fingerprint density at radius 3 is 2.86 bits per heavy atom. The van der Waals surface area contributed by atoms with Crippen LogP contribution < -0.4 is 10.6 Å². The fraction of sp³-hybridized carbons (Fsp3) is 0.353. The second-order valence-corrected chi connectivity index (χ2v) is 6.46. The van der Waals surface area contributed by atoms with Crippen LogP contribution in [0.3, 0.4) is 0 Å². The standard InChI is InChI=1S/C17H19BrN2O/c18-15-6-5-12-10-14(4-3-13(12)11-15)17(21)20-9-7-16-2-1-8-19-16/h3-6,10-11,16,19H,1-2,7-9H2,(H,20,21)/t16-/m1/s1. The largest absolute Gasteiger partial charge is 0.352 e. The lowest BCUT2D eigenvalue weighted by Gasteiger charge is -2.11. The van der Waals surface area contributed by atoms with Gasteiger partial charge in [0.25, 0.3) is 5.91 Å². The Morgan fingerprint density at radius 1 is 1.24 bits per heavy atom. The molecule has 1 saturated heterocycles. The fourth-order valence-corrected chi connectivity index (χ4v) is 3.20. The second-order valence-electron chi connectivity index (χ2n) is 5.54. The van der Waals surface area contributed by atoms with Crippen molar-refractivity contribution in [2.24, 2.45) is 0 Å². The number of carbonyl (C=O) groups excluding carboxylic acids is 1. The van der Waals surface area contributed by atoms with Crippen LogP contribution in [-0.4, -0.2) is 25.0 Å². The summed E-state index contributed by atoms with van der Waals surface area (Å²) in [5.74, 6) is 0.0119. The molecular formula is C17H19BrN2O. The fourth-order valence-electron chi connectivity index (χ4n) is 2.82. The van der Waals surface area contributed by atoms with Crippen molar-refractivity contribution in [2.45, 2.75) is 25.3 Å². The lowest BCUT2D eigenvalue weighted by Crippen LogP contribution is -2.30. The van der Waals surface area contributed by atoms with Gasteiger partial charge in [0, 0.05) is 22.6 Å². The molecule has 4 heteroatoms. The summed E-state index contributed by atoms with van der Waals surface area (Å²) in [5, 5.41) is 8.68. The minimum absolute atomic E-state index is 0.0119. The molecule has 0 radical (unpaired) electrons. The van der Waals surface area contributed by atoms with Gasteiger partial charge in [0.1, 0.15) is 0 Å². The number of hydrogen-bond donors (Lipinski definition) is 2. The minimum atomic E-state index is 0.0119. The monoisotopic (exact) mass is 346 g/mol. The Morgan fingerprint density at radius 2 is 2.05 bits per heavy atom. The van der Waals surface area contributed by atoms with Crippen LogP contribution in [-0.2, 0) is 0 Å². The molecule has 110 valence electrons. The van der Waals surface area contributed by atoms with Crippen LogP contribution in [0.2, 0.25) is 0 Å². The summed E-state index contributed by atoms with van der Waals surface area (Å²) in [4.78, 5) is 12.2. The highest BCUT2D eigenvalue weighted by Crippen LogP contribution is 2.21. The van der Waals surface area contributed by atoms with Gasteiger partial charge >= 0.3 is 0 Å². The van der Waals surface area contributed by atoms with Gasteiger partial charge in [-0.1, -0.05) is 28.1 Å². The van der Waals surface area contributed by atoms with Crippen molar-refractivity contribution in [3.63, 3.8) is 0 Å². The van der Waals surface area contributed by atoms with Crippen molar-refractivity contribution in [3.8, 4) is 0 Å². The predicted molar refractivity (Wildman–Crippen MR) is 89.6 cm³/mol. The maximum atomic E-state index is 12.2. The zero-order chi connectivity index (χ0) is 14.7. The number of amides is 1. The van der Waals surface area contributed by atoms with Crippen LogP contribution in [0.1, 0.15) is 29.6 Å². The molecule has 1 aliphatic rings. The summed E-state index contributed by atoms with van der Waals surface area (Å²) in [6, 6.07) is 12.5. The second kappa shape index (κ2) is 6.58. The van der Waals surface area contributed by atoms with Crippen LogP contribution in [0.25, 0.3) is 10.8 Å². The van der Waals surface area contributed by atoms with Gasteiger partial charge in [-0.25, -0.2) is 0 Å². The van der Waals surface area contributed by atoms with Gasteiger partial charge < -0.3 is 10.6 Å². The Bertz CT molecular complexity index is 650. The summed E-state index contributed by atoms with van der Waals surface area (Å²) in [5.41, 5.74) is 0.726. The molecule has 1 amide bonds. The highest BCUT2D eigenvalue weighted by Gasteiger charge is 2.14. The molecule has 0 spiro atoms. The molecule has 0 saturated carbocycles. The van der Waals surface area contributed by atoms with E-state index in [-0.39, 0.29) is 5.91 Å². The van der Waals surface area contributed by atoms with Crippen molar-refractivity contribution in [2.75, 3.05) is 13.1 Å². The summed E-state index contributed by atoms with van der Waals surface area (Å²) >= 11 is 3.46. The van der Waals surface area contributed by atoms with E-state index in [9.17, 15) is 4.79 Å². The molecule has 0 aromatic heterocycles. The van der Waals surface area contributed by atoms with Crippen LogP contribution in [0.15, 0.2) is 40.9 Å². The van der Waals surface area contributed by atoms with Crippen molar-refractivity contribution in [1.82, 2.24) is 10.6 Å². The lowest BCUT2D eigenvalue weighted by molar-refractivity contribution is 0.0952. The number of fused-ring (bicyclic) bond motifs is 1. The van der Waals surface area contributed by atoms with Gasteiger partial charge in [0.15, 0.2) is 0 Å². The molecule has 3 nitrogen and oxygen atoms in total. The van der Waals surface area contributed by atoms with Crippen LogP contribution >= 0.6 is 15.9 Å². The zero-order valence-electron chi connectivity index (χ0n) is 11.9. The first kappa shape index (κ1) is 14.5. The molecule has 2 aromatic carbocycles. The zero-order valence-corrected chi connectivity index (χ0v) is 13.4. The molecule has 1 fully saturated rings. The lowest BCUT2D eigenvalue weighted by atomic mass is 10.1. The minimum Gasteiger partial charge on any atom is -0.352 e. The topological polar surface area (TPSA) is 41.1 Å². The number of rotatable bonds is 4. The van der Waals surface area contributed by atoms with E-state index >= 15 is 0 Å². The highest BCUT2D eigenvalue weighted by molar-refractivity contribution is 9.10. The Hall–Kier alpha value is -1.39. The number of nitrogens with one attached hydrogen (secondary N) is 2. The van der Waals surface area contributed by atoms with Gasteiger partial charge in [-0.3, -0.25) is 4.79 Å². The van der Waals surface area contributed by atoms with E-state index in [4.69, 9.17) is 0 Å². The number of carbonyl (C=O) groups is 1. The van der Waals surface area contributed by atoms with Crippen LogP contribution in [0, 0.1) is 0 Å². The third kappa shape index (κ3) is 3.63. The quantitative estimate of drug-likeness (QED) is 0.889. The van der Waals surface area contributed by atoms with E-state index in [1.54, 1.807) is 0 Å². The highest BCUT2D eigenvalue weighted by atomic mass is 79.9. The molecule has 0 unspecified atom stereocenters. The van der Waals surface area contributed by atoms with Crippen molar-refractivity contribution in [1.29, 1.82) is 0 Å². The maximum absolute atomic E-state index is 12.2. The summed E-state index contributed by atoms with van der Waals surface area (Å²) in [6.07, 6.45) is 3.48.